The Bertz CT molecular complexity index is 352. The molecule has 1 unspecified atom stereocenters. The largest absolute Gasteiger partial charge is 0.271 e. The first-order valence-corrected chi connectivity index (χ1v) is 5.48. The molecule has 1 aliphatic carbocycles. The maximum atomic E-state index is 13.4. The van der Waals surface area contributed by atoms with Gasteiger partial charge in [-0.2, -0.15) is 0 Å². The van der Waals surface area contributed by atoms with E-state index in [1.807, 2.05) is 0 Å². The second-order valence-electron chi connectivity index (χ2n) is 4.05. The maximum Gasteiger partial charge on any atom is 0.126 e. The van der Waals surface area contributed by atoms with Gasteiger partial charge in [0.25, 0.3) is 0 Å². The highest BCUT2D eigenvalue weighted by Crippen LogP contribution is 2.34. The summed E-state index contributed by atoms with van der Waals surface area (Å²) in [6.45, 7) is 0. The Balaban J connectivity index is 2.11. The zero-order valence-electron chi connectivity index (χ0n) is 8.34. The van der Waals surface area contributed by atoms with Crippen molar-refractivity contribution < 1.29 is 4.39 Å². The molecule has 82 valence electrons. The van der Waals surface area contributed by atoms with Crippen molar-refractivity contribution in [1.82, 2.24) is 5.43 Å². The van der Waals surface area contributed by atoms with E-state index in [9.17, 15) is 4.39 Å². The number of rotatable bonds is 4. The van der Waals surface area contributed by atoms with Gasteiger partial charge in [-0.25, -0.2) is 4.39 Å². The van der Waals surface area contributed by atoms with Gasteiger partial charge in [0.05, 0.1) is 0 Å². The fraction of sp³-hybridized carbons (Fsp3) is 0.455. The van der Waals surface area contributed by atoms with Crippen LogP contribution < -0.4 is 11.3 Å². The van der Waals surface area contributed by atoms with Crippen molar-refractivity contribution >= 4 is 11.6 Å². The first-order chi connectivity index (χ1) is 7.20. The van der Waals surface area contributed by atoms with Crippen LogP contribution in [0.15, 0.2) is 18.2 Å². The van der Waals surface area contributed by atoms with E-state index in [2.05, 4.69) is 5.43 Å². The lowest BCUT2D eigenvalue weighted by molar-refractivity contribution is 0.462. The van der Waals surface area contributed by atoms with Crippen molar-refractivity contribution in [2.45, 2.75) is 25.3 Å². The van der Waals surface area contributed by atoms with Crippen LogP contribution in [0.1, 0.15) is 18.4 Å². The van der Waals surface area contributed by atoms with Gasteiger partial charge in [-0.15, -0.1) is 0 Å². The van der Waals surface area contributed by atoms with Gasteiger partial charge in [-0.05, 0) is 48.9 Å². The monoisotopic (exact) mass is 228 g/mol. The third kappa shape index (κ3) is 2.68. The van der Waals surface area contributed by atoms with Crippen molar-refractivity contribution in [3.8, 4) is 0 Å². The van der Waals surface area contributed by atoms with Crippen LogP contribution in [-0.4, -0.2) is 6.04 Å². The van der Waals surface area contributed by atoms with Crippen LogP contribution in [0.25, 0.3) is 0 Å². The average molecular weight is 229 g/mol. The SMILES string of the molecule is NNC(Cc1cc(Cl)ccc1F)C1CC1. The lowest BCUT2D eigenvalue weighted by Gasteiger charge is -2.15. The van der Waals surface area contributed by atoms with Crippen LogP contribution in [0, 0.1) is 11.7 Å². The lowest BCUT2D eigenvalue weighted by atomic mass is 10.0. The molecule has 3 N–H and O–H groups in total. The molecule has 0 aliphatic heterocycles. The predicted octanol–water partition coefficient (Wildman–Crippen LogP) is 2.26. The Kier molecular flexibility index (Phi) is 3.24. The van der Waals surface area contributed by atoms with Crippen molar-refractivity contribution in [1.29, 1.82) is 0 Å². The van der Waals surface area contributed by atoms with Gasteiger partial charge in [0.15, 0.2) is 0 Å². The number of hydrazine groups is 1. The Morgan fingerprint density at radius 2 is 2.27 bits per heavy atom. The number of hydrogen-bond acceptors (Lipinski definition) is 2. The summed E-state index contributed by atoms with van der Waals surface area (Å²) < 4.78 is 13.4. The Labute approximate surface area is 93.6 Å². The highest BCUT2D eigenvalue weighted by Gasteiger charge is 2.30. The van der Waals surface area contributed by atoms with Crippen molar-refractivity contribution in [3.05, 3.63) is 34.6 Å². The molecule has 0 heterocycles. The first-order valence-electron chi connectivity index (χ1n) is 5.10. The molecule has 0 aromatic heterocycles. The maximum absolute atomic E-state index is 13.4. The molecule has 0 amide bonds. The molecule has 1 saturated carbocycles. The summed E-state index contributed by atoms with van der Waals surface area (Å²) >= 11 is 5.82. The second kappa shape index (κ2) is 4.47. The number of hydrogen-bond donors (Lipinski definition) is 2. The summed E-state index contributed by atoms with van der Waals surface area (Å²) in [7, 11) is 0. The molecule has 2 nitrogen and oxygen atoms in total. The minimum Gasteiger partial charge on any atom is -0.271 e. The summed E-state index contributed by atoms with van der Waals surface area (Å²) in [4.78, 5) is 0. The lowest BCUT2D eigenvalue weighted by Crippen LogP contribution is -2.38. The molecular formula is C11H14ClFN2. The van der Waals surface area contributed by atoms with E-state index in [4.69, 9.17) is 17.4 Å². The molecule has 0 bridgehead atoms. The molecule has 1 fully saturated rings. The molecule has 1 aromatic rings. The molecule has 4 heteroatoms. The minimum atomic E-state index is -0.208. The Morgan fingerprint density at radius 3 is 2.87 bits per heavy atom. The smallest absolute Gasteiger partial charge is 0.126 e. The van der Waals surface area contributed by atoms with Crippen molar-refractivity contribution in [2.24, 2.45) is 11.8 Å². The summed E-state index contributed by atoms with van der Waals surface area (Å²) in [5.41, 5.74) is 3.39. The molecule has 0 saturated heterocycles. The Morgan fingerprint density at radius 1 is 1.53 bits per heavy atom. The van der Waals surface area contributed by atoms with Crippen LogP contribution in [-0.2, 0) is 6.42 Å². The van der Waals surface area contributed by atoms with E-state index in [1.54, 1.807) is 12.1 Å². The topological polar surface area (TPSA) is 38.0 Å². The van der Waals surface area contributed by atoms with Gasteiger partial charge < -0.3 is 0 Å². The van der Waals surface area contributed by atoms with Crippen LogP contribution >= 0.6 is 11.6 Å². The van der Waals surface area contributed by atoms with E-state index in [0.29, 0.717) is 22.9 Å². The first kappa shape index (κ1) is 10.9. The fourth-order valence-electron chi connectivity index (χ4n) is 1.80. The third-order valence-electron chi connectivity index (χ3n) is 2.85. The standard InChI is InChI=1S/C11H14ClFN2/c12-9-3-4-10(13)8(5-9)6-11(15-14)7-1-2-7/h3-5,7,11,15H,1-2,6,14H2. The zero-order valence-corrected chi connectivity index (χ0v) is 9.10. The van der Waals surface area contributed by atoms with Crippen LogP contribution in [0.5, 0.6) is 0 Å². The van der Waals surface area contributed by atoms with E-state index < -0.39 is 0 Å². The second-order valence-corrected chi connectivity index (χ2v) is 4.49. The van der Waals surface area contributed by atoms with Gasteiger partial charge in [0, 0.05) is 11.1 Å². The van der Waals surface area contributed by atoms with Crippen LogP contribution in [0.4, 0.5) is 4.39 Å². The molecule has 2 rings (SSSR count). The molecule has 0 radical (unpaired) electrons. The van der Waals surface area contributed by atoms with Crippen LogP contribution in [0.3, 0.4) is 0 Å². The summed E-state index contributed by atoms with van der Waals surface area (Å²) in [6.07, 6.45) is 2.96. The molecule has 1 atom stereocenters. The van der Waals surface area contributed by atoms with E-state index >= 15 is 0 Å². The highest BCUT2D eigenvalue weighted by molar-refractivity contribution is 6.30. The molecule has 1 aliphatic rings. The minimum absolute atomic E-state index is 0.165. The van der Waals surface area contributed by atoms with Gasteiger partial charge in [-0.1, -0.05) is 11.6 Å². The third-order valence-corrected chi connectivity index (χ3v) is 3.09. The quantitative estimate of drug-likeness (QED) is 0.613. The number of halogens is 2. The summed E-state index contributed by atoms with van der Waals surface area (Å²) in [5.74, 6) is 5.83. The van der Waals surface area contributed by atoms with Crippen LogP contribution in [0.2, 0.25) is 5.02 Å². The summed E-state index contributed by atoms with van der Waals surface area (Å²) in [5, 5.41) is 0.568. The molecular weight excluding hydrogens is 215 g/mol. The Hall–Kier alpha value is -0.640. The molecule has 1 aromatic carbocycles. The normalized spacial score (nSPS) is 17.8. The molecule has 0 spiro atoms. The predicted molar refractivity (Wildman–Crippen MR) is 58.9 cm³/mol. The van der Waals surface area contributed by atoms with Crippen molar-refractivity contribution in [3.63, 3.8) is 0 Å². The number of nitrogens with one attached hydrogen (secondary N) is 1. The van der Waals surface area contributed by atoms with E-state index in [-0.39, 0.29) is 11.9 Å². The number of nitrogens with two attached hydrogens (primary N) is 1. The zero-order chi connectivity index (χ0) is 10.8. The molecule has 15 heavy (non-hydrogen) atoms. The van der Waals surface area contributed by atoms with Gasteiger partial charge in [0.1, 0.15) is 5.82 Å². The van der Waals surface area contributed by atoms with Gasteiger partial charge in [0.2, 0.25) is 0 Å². The highest BCUT2D eigenvalue weighted by atomic mass is 35.5. The average Bonchev–Trinajstić information content (AvgIpc) is 3.03. The van der Waals surface area contributed by atoms with Gasteiger partial charge in [-0.3, -0.25) is 11.3 Å². The summed E-state index contributed by atoms with van der Waals surface area (Å²) in [6, 6.07) is 4.79. The van der Waals surface area contributed by atoms with E-state index in [0.717, 1.165) is 0 Å². The fourth-order valence-corrected chi connectivity index (χ4v) is 1.99. The number of benzene rings is 1. The van der Waals surface area contributed by atoms with Crippen molar-refractivity contribution in [2.75, 3.05) is 0 Å². The van der Waals surface area contributed by atoms with Gasteiger partial charge >= 0.3 is 0 Å². The van der Waals surface area contributed by atoms with E-state index in [1.165, 1.54) is 18.9 Å².